The number of hydrogen-bond donors (Lipinski definition) is 1. The van der Waals surface area contributed by atoms with Gasteiger partial charge in [0.15, 0.2) is 0 Å². The molecule has 1 saturated carbocycles. The molecule has 2 amide bonds. The number of carbonyl (C=O) groups is 2. The monoisotopic (exact) mass is 254 g/mol. The van der Waals surface area contributed by atoms with Gasteiger partial charge in [0, 0.05) is 19.8 Å². The lowest BCUT2D eigenvalue weighted by atomic mass is 10.0. The molecule has 1 aliphatic heterocycles. The van der Waals surface area contributed by atoms with Crippen LogP contribution in [0.1, 0.15) is 33.1 Å². The molecule has 0 atom stereocenters. The number of hydrogen-bond acceptors (Lipinski definition) is 3. The molecule has 1 saturated heterocycles. The first-order chi connectivity index (χ1) is 8.49. The summed E-state index contributed by atoms with van der Waals surface area (Å²) in [5.41, 5.74) is -0.774. The lowest BCUT2D eigenvalue weighted by Gasteiger charge is -2.37. The molecule has 0 bridgehead atoms. The lowest BCUT2D eigenvalue weighted by Crippen LogP contribution is -2.63. The average molecular weight is 254 g/mol. The third kappa shape index (κ3) is 3.45. The summed E-state index contributed by atoms with van der Waals surface area (Å²) in [7, 11) is 0. The maximum Gasteiger partial charge on any atom is 0.248 e. The number of ether oxygens (including phenoxy) is 1. The van der Waals surface area contributed by atoms with E-state index in [1.54, 1.807) is 18.7 Å². The molecule has 2 rings (SSSR count). The molecule has 1 aliphatic carbocycles. The van der Waals surface area contributed by atoms with Gasteiger partial charge in [0.2, 0.25) is 11.8 Å². The van der Waals surface area contributed by atoms with Crippen LogP contribution >= 0.6 is 0 Å². The Morgan fingerprint density at radius 1 is 1.39 bits per heavy atom. The Balaban J connectivity index is 1.69. The first kappa shape index (κ1) is 13.3. The van der Waals surface area contributed by atoms with E-state index in [4.69, 9.17) is 4.74 Å². The van der Waals surface area contributed by atoms with Crippen LogP contribution in [0.5, 0.6) is 0 Å². The van der Waals surface area contributed by atoms with Gasteiger partial charge in [-0.3, -0.25) is 9.59 Å². The summed E-state index contributed by atoms with van der Waals surface area (Å²) < 4.78 is 5.52. The highest BCUT2D eigenvalue weighted by molar-refractivity contribution is 5.97. The molecule has 18 heavy (non-hydrogen) atoms. The highest BCUT2D eigenvalue weighted by Gasteiger charge is 2.38. The van der Waals surface area contributed by atoms with E-state index in [1.165, 1.54) is 12.8 Å². The molecule has 2 fully saturated rings. The Labute approximate surface area is 108 Å². The van der Waals surface area contributed by atoms with Crippen molar-refractivity contribution in [2.45, 2.75) is 38.6 Å². The molecule has 5 heteroatoms. The third-order valence-electron chi connectivity index (χ3n) is 3.38. The lowest BCUT2D eigenvalue weighted by molar-refractivity contribution is -0.148. The van der Waals surface area contributed by atoms with Gasteiger partial charge in [0.25, 0.3) is 0 Å². The molecular formula is C13H22N2O3. The maximum atomic E-state index is 12.0. The Bertz CT molecular complexity index is 337. The van der Waals surface area contributed by atoms with Crippen LogP contribution in [-0.4, -0.2) is 48.6 Å². The number of nitrogens with one attached hydrogen (secondary N) is 1. The van der Waals surface area contributed by atoms with E-state index in [2.05, 4.69) is 5.32 Å². The molecular weight excluding hydrogens is 232 g/mol. The van der Waals surface area contributed by atoms with E-state index in [0.717, 1.165) is 18.9 Å². The van der Waals surface area contributed by atoms with Crippen LogP contribution in [0.25, 0.3) is 0 Å². The van der Waals surface area contributed by atoms with Gasteiger partial charge < -0.3 is 15.0 Å². The molecule has 1 N–H and O–H groups in total. The minimum Gasteiger partial charge on any atom is -0.381 e. The summed E-state index contributed by atoms with van der Waals surface area (Å²) >= 11 is 0. The van der Waals surface area contributed by atoms with Crippen LogP contribution in [-0.2, 0) is 14.3 Å². The summed E-state index contributed by atoms with van der Waals surface area (Å²) in [6, 6.07) is 0. The first-order valence-electron chi connectivity index (χ1n) is 6.67. The van der Waals surface area contributed by atoms with Crippen molar-refractivity contribution in [3.63, 3.8) is 0 Å². The van der Waals surface area contributed by atoms with Gasteiger partial charge >= 0.3 is 0 Å². The molecule has 0 spiro atoms. The fourth-order valence-corrected chi connectivity index (χ4v) is 2.15. The molecule has 0 aromatic carbocycles. The summed E-state index contributed by atoms with van der Waals surface area (Å²) in [5.74, 6) is 0.675. The van der Waals surface area contributed by atoms with Gasteiger partial charge in [-0.1, -0.05) is 0 Å². The predicted octanol–water partition coefficient (Wildman–Crippen LogP) is 0.540. The Kier molecular flexibility index (Phi) is 3.90. The van der Waals surface area contributed by atoms with Crippen molar-refractivity contribution in [3.05, 3.63) is 0 Å². The normalized spacial score (nSPS) is 23.1. The van der Waals surface area contributed by atoms with Crippen molar-refractivity contribution >= 4 is 11.8 Å². The van der Waals surface area contributed by atoms with Gasteiger partial charge in [-0.2, -0.15) is 0 Å². The number of carbonyl (C=O) groups excluding carboxylic acids is 2. The van der Waals surface area contributed by atoms with Crippen LogP contribution in [0.15, 0.2) is 0 Å². The zero-order valence-electron chi connectivity index (χ0n) is 11.2. The number of nitrogens with zero attached hydrogens (tertiary/aromatic N) is 1. The number of amides is 2. The molecule has 0 radical (unpaired) electrons. The molecule has 5 nitrogen and oxygen atoms in total. The van der Waals surface area contributed by atoms with Crippen molar-refractivity contribution < 1.29 is 14.3 Å². The van der Waals surface area contributed by atoms with Crippen LogP contribution < -0.4 is 5.32 Å². The van der Waals surface area contributed by atoms with Crippen molar-refractivity contribution in [3.8, 4) is 0 Å². The van der Waals surface area contributed by atoms with Gasteiger partial charge in [0.05, 0.1) is 6.54 Å². The second kappa shape index (κ2) is 5.26. The fraction of sp³-hybridized carbons (Fsp3) is 0.846. The summed E-state index contributed by atoms with van der Waals surface area (Å²) in [6.07, 6.45) is 3.37. The topological polar surface area (TPSA) is 58.6 Å². The SMILES string of the molecule is CC1(C)NC(=O)CN(CCCOCC2CC2)C1=O. The molecule has 0 unspecified atom stereocenters. The van der Waals surface area contributed by atoms with Crippen molar-refractivity contribution in [2.24, 2.45) is 5.92 Å². The fourth-order valence-electron chi connectivity index (χ4n) is 2.15. The smallest absolute Gasteiger partial charge is 0.248 e. The van der Waals surface area contributed by atoms with Crippen molar-refractivity contribution in [2.75, 3.05) is 26.3 Å². The molecule has 1 heterocycles. The van der Waals surface area contributed by atoms with E-state index in [9.17, 15) is 9.59 Å². The van der Waals surface area contributed by atoms with Gasteiger partial charge in [-0.05, 0) is 39.0 Å². The zero-order chi connectivity index (χ0) is 13.2. The first-order valence-corrected chi connectivity index (χ1v) is 6.67. The molecule has 2 aliphatic rings. The zero-order valence-corrected chi connectivity index (χ0v) is 11.2. The van der Waals surface area contributed by atoms with E-state index >= 15 is 0 Å². The standard InChI is InChI=1S/C13H22N2O3/c1-13(2)12(17)15(8-11(16)14-13)6-3-7-18-9-10-4-5-10/h10H,3-9H2,1-2H3,(H,14,16). The van der Waals surface area contributed by atoms with Crippen LogP contribution in [0.2, 0.25) is 0 Å². The average Bonchev–Trinajstić information content (AvgIpc) is 3.07. The van der Waals surface area contributed by atoms with Crippen molar-refractivity contribution in [1.82, 2.24) is 10.2 Å². The predicted molar refractivity (Wildman–Crippen MR) is 67.0 cm³/mol. The van der Waals surface area contributed by atoms with Gasteiger partial charge in [-0.25, -0.2) is 0 Å². The van der Waals surface area contributed by atoms with Gasteiger partial charge in [0.1, 0.15) is 5.54 Å². The molecule has 0 aromatic rings. The highest BCUT2D eigenvalue weighted by atomic mass is 16.5. The number of rotatable bonds is 6. The molecule has 0 aromatic heterocycles. The van der Waals surface area contributed by atoms with Gasteiger partial charge in [-0.15, -0.1) is 0 Å². The second-order valence-electron chi connectivity index (χ2n) is 5.77. The van der Waals surface area contributed by atoms with Crippen molar-refractivity contribution in [1.29, 1.82) is 0 Å². The number of piperazine rings is 1. The van der Waals surface area contributed by atoms with E-state index in [-0.39, 0.29) is 18.4 Å². The summed E-state index contributed by atoms with van der Waals surface area (Å²) in [5, 5.41) is 2.70. The van der Waals surface area contributed by atoms with Crippen LogP contribution in [0, 0.1) is 5.92 Å². The minimum absolute atomic E-state index is 0.00991. The largest absolute Gasteiger partial charge is 0.381 e. The third-order valence-corrected chi connectivity index (χ3v) is 3.38. The maximum absolute atomic E-state index is 12.0. The minimum atomic E-state index is -0.774. The molecule has 102 valence electrons. The van der Waals surface area contributed by atoms with Crippen LogP contribution in [0.4, 0.5) is 0 Å². The highest BCUT2D eigenvalue weighted by Crippen LogP contribution is 2.28. The summed E-state index contributed by atoms with van der Waals surface area (Å²) in [6.45, 7) is 5.76. The van der Waals surface area contributed by atoms with Crippen LogP contribution in [0.3, 0.4) is 0 Å². The quantitative estimate of drug-likeness (QED) is 0.704. The van der Waals surface area contributed by atoms with E-state index < -0.39 is 5.54 Å². The summed E-state index contributed by atoms with van der Waals surface area (Å²) in [4.78, 5) is 25.2. The Morgan fingerprint density at radius 2 is 2.11 bits per heavy atom. The van der Waals surface area contributed by atoms with E-state index in [1.807, 2.05) is 0 Å². The Hall–Kier alpha value is -1.10. The Morgan fingerprint density at radius 3 is 2.78 bits per heavy atom. The van der Waals surface area contributed by atoms with E-state index in [0.29, 0.717) is 13.2 Å². The second-order valence-corrected chi connectivity index (χ2v) is 5.77.